The van der Waals surface area contributed by atoms with E-state index in [1.807, 2.05) is 0 Å². The molecule has 5 nitrogen and oxygen atoms in total. The molecule has 2 N–H and O–H groups in total. The van der Waals surface area contributed by atoms with Gasteiger partial charge in [0.25, 0.3) is 5.91 Å². The number of hydrogen-bond acceptors (Lipinski definition) is 3. The van der Waals surface area contributed by atoms with Crippen LogP contribution in [0.1, 0.15) is 41.0 Å². The van der Waals surface area contributed by atoms with Crippen molar-refractivity contribution in [2.75, 3.05) is 19.6 Å². The van der Waals surface area contributed by atoms with Crippen molar-refractivity contribution in [3.63, 3.8) is 0 Å². The van der Waals surface area contributed by atoms with Crippen molar-refractivity contribution in [2.24, 2.45) is 5.92 Å². The van der Waals surface area contributed by atoms with Crippen LogP contribution < -0.4 is 5.32 Å². The van der Waals surface area contributed by atoms with E-state index < -0.39 is 23.6 Å². The number of hydrogen-bond donors (Lipinski definition) is 2. The fourth-order valence-corrected chi connectivity index (χ4v) is 3.34. The van der Waals surface area contributed by atoms with Gasteiger partial charge in [-0.15, -0.1) is 0 Å². The highest BCUT2D eigenvalue weighted by atomic mass is 19.4. The van der Waals surface area contributed by atoms with Crippen LogP contribution in [0.25, 0.3) is 0 Å². The fraction of sp³-hybridized carbons (Fsp3) is 0.474. The average molecular weight is 398 g/mol. The molecule has 3 rings (SSSR count). The van der Waals surface area contributed by atoms with E-state index in [0.717, 1.165) is 25.9 Å². The third kappa shape index (κ3) is 5.09. The summed E-state index contributed by atoms with van der Waals surface area (Å²) in [4.78, 5) is 14.2. The summed E-state index contributed by atoms with van der Waals surface area (Å²) in [6, 6.07) is 6.76. The van der Waals surface area contributed by atoms with Crippen molar-refractivity contribution in [3.8, 4) is 0 Å². The lowest BCUT2D eigenvalue weighted by Gasteiger charge is -2.27. The molecule has 0 atom stereocenters. The predicted octanol–water partition coefficient (Wildman–Crippen LogP) is 3.60. The number of piperidine rings is 1. The van der Waals surface area contributed by atoms with E-state index in [9.17, 15) is 22.4 Å². The largest absolute Gasteiger partial charge is 0.435 e. The Morgan fingerprint density at radius 2 is 1.93 bits per heavy atom. The number of aromatic amines is 1. The van der Waals surface area contributed by atoms with Crippen LogP contribution in [0.4, 0.5) is 17.6 Å². The summed E-state index contributed by atoms with van der Waals surface area (Å²) in [5.41, 5.74) is -1.09. The van der Waals surface area contributed by atoms with Gasteiger partial charge in [0.15, 0.2) is 5.69 Å². The molecule has 0 spiro atoms. The maximum atomic E-state index is 14.1. The van der Waals surface area contributed by atoms with Gasteiger partial charge in [-0.2, -0.15) is 18.3 Å². The second kappa shape index (κ2) is 8.72. The molecule has 152 valence electrons. The minimum Gasteiger partial charge on any atom is -0.333 e. The number of benzene rings is 1. The molecule has 0 unspecified atom stereocenters. The van der Waals surface area contributed by atoms with Crippen LogP contribution in [0.5, 0.6) is 0 Å². The SMILES string of the molecule is O=C(c1cc(C(F)(F)F)n[nH]1)N(CCC1CCNCC1)Cc1ccccc1F. The number of halogens is 4. The van der Waals surface area contributed by atoms with Crippen LogP contribution in [-0.4, -0.2) is 40.6 Å². The molecule has 1 amide bonds. The number of nitrogens with zero attached hydrogens (tertiary/aromatic N) is 2. The Kier molecular flexibility index (Phi) is 6.33. The van der Waals surface area contributed by atoms with Crippen molar-refractivity contribution < 1.29 is 22.4 Å². The van der Waals surface area contributed by atoms with Gasteiger partial charge < -0.3 is 10.2 Å². The molecule has 0 aliphatic carbocycles. The summed E-state index contributed by atoms with van der Waals surface area (Å²) >= 11 is 0. The molecule has 28 heavy (non-hydrogen) atoms. The summed E-state index contributed by atoms with van der Waals surface area (Å²) < 4.78 is 52.4. The zero-order valence-corrected chi connectivity index (χ0v) is 15.2. The van der Waals surface area contributed by atoms with Gasteiger partial charge in [-0.25, -0.2) is 4.39 Å². The molecule has 0 radical (unpaired) electrons. The van der Waals surface area contributed by atoms with Gasteiger partial charge in [0.1, 0.15) is 11.5 Å². The molecular formula is C19H22F4N4O. The molecule has 2 aromatic rings. The van der Waals surface area contributed by atoms with Crippen LogP contribution in [0.2, 0.25) is 0 Å². The molecule has 0 saturated carbocycles. The number of nitrogens with one attached hydrogen (secondary N) is 2. The van der Waals surface area contributed by atoms with Gasteiger partial charge in [0.05, 0.1) is 0 Å². The van der Waals surface area contributed by atoms with E-state index in [-0.39, 0.29) is 12.2 Å². The Bertz CT molecular complexity index is 799. The first kappa shape index (κ1) is 20.3. The number of aromatic nitrogens is 2. The summed E-state index contributed by atoms with van der Waals surface area (Å²) in [6.45, 7) is 2.12. The molecule has 1 aromatic carbocycles. The first-order valence-electron chi connectivity index (χ1n) is 9.20. The number of rotatable bonds is 6. The molecule has 0 bridgehead atoms. The Labute approximate surface area is 160 Å². The average Bonchev–Trinajstić information content (AvgIpc) is 3.17. The number of carbonyl (C=O) groups is 1. The van der Waals surface area contributed by atoms with Crippen LogP contribution in [0, 0.1) is 11.7 Å². The molecule has 9 heteroatoms. The number of amides is 1. The van der Waals surface area contributed by atoms with E-state index in [1.165, 1.54) is 11.0 Å². The standard InChI is InChI=1S/C19H22F4N4O/c20-15-4-2-1-3-14(15)12-27(10-7-13-5-8-24-9-6-13)18(28)16-11-17(26-25-16)19(21,22)23/h1-4,11,13,24H,5-10,12H2,(H,25,26). The maximum Gasteiger partial charge on any atom is 0.435 e. The summed E-state index contributed by atoms with van der Waals surface area (Å²) in [7, 11) is 0. The second-order valence-corrected chi connectivity index (χ2v) is 6.96. The van der Waals surface area contributed by atoms with E-state index in [2.05, 4.69) is 15.5 Å². The van der Waals surface area contributed by atoms with Gasteiger partial charge in [0, 0.05) is 24.7 Å². The van der Waals surface area contributed by atoms with E-state index in [0.29, 0.717) is 30.5 Å². The lowest BCUT2D eigenvalue weighted by atomic mass is 9.94. The zero-order valence-electron chi connectivity index (χ0n) is 15.2. The van der Waals surface area contributed by atoms with Crippen molar-refractivity contribution in [1.29, 1.82) is 0 Å². The number of carbonyl (C=O) groups excluding carboxylic acids is 1. The first-order valence-corrected chi connectivity index (χ1v) is 9.20. The van der Waals surface area contributed by atoms with Crippen LogP contribution in [-0.2, 0) is 12.7 Å². The van der Waals surface area contributed by atoms with Crippen LogP contribution >= 0.6 is 0 Å². The maximum absolute atomic E-state index is 14.1. The Hall–Kier alpha value is -2.42. The topological polar surface area (TPSA) is 61.0 Å². The Balaban J connectivity index is 1.76. The molecule has 1 aliphatic rings. The van der Waals surface area contributed by atoms with E-state index >= 15 is 0 Å². The Morgan fingerprint density at radius 3 is 2.57 bits per heavy atom. The summed E-state index contributed by atoms with van der Waals surface area (Å²) in [5.74, 6) is -0.660. The predicted molar refractivity (Wildman–Crippen MR) is 94.9 cm³/mol. The van der Waals surface area contributed by atoms with Crippen molar-refractivity contribution in [1.82, 2.24) is 20.4 Å². The van der Waals surface area contributed by atoms with E-state index in [1.54, 1.807) is 18.2 Å². The highest BCUT2D eigenvalue weighted by Crippen LogP contribution is 2.28. The monoisotopic (exact) mass is 398 g/mol. The van der Waals surface area contributed by atoms with Crippen molar-refractivity contribution in [2.45, 2.75) is 32.0 Å². The third-order valence-corrected chi connectivity index (χ3v) is 4.97. The molecule has 1 fully saturated rings. The zero-order chi connectivity index (χ0) is 20.1. The van der Waals surface area contributed by atoms with E-state index in [4.69, 9.17) is 0 Å². The van der Waals surface area contributed by atoms with Gasteiger partial charge in [-0.3, -0.25) is 9.89 Å². The third-order valence-electron chi connectivity index (χ3n) is 4.97. The molecule has 1 aromatic heterocycles. The summed E-state index contributed by atoms with van der Waals surface area (Å²) in [5, 5.41) is 8.62. The first-order chi connectivity index (χ1) is 13.3. The van der Waals surface area contributed by atoms with Gasteiger partial charge in [-0.05, 0) is 44.3 Å². The minimum atomic E-state index is -4.64. The van der Waals surface area contributed by atoms with Crippen molar-refractivity contribution >= 4 is 5.91 Å². The van der Waals surface area contributed by atoms with Crippen LogP contribution in [0.15, 0.2) is 30.3 Å². The molecule has 2 heterocycles. The smallest absolute Gasteiger partial charge is 0.333 e. The Morgan fingerprint density at radius 1 is 1.21 bits per heavy atom. The van der Waals surface area contributed by atoms with Gasteiger partial charge in [-0.1, -0.05) is 18.2 Å². The lowest BCUT2D eigenvalue weighted by molar-refractivity contribution is -0.141. The molecule has 1 aliphatic heterocycles. The highest BCUT2D eigenvalue weighted by Gasteiger charge is 2.35. The van der Waals surface area contributed by atoms with Crippen molar-refractivity contribution in [3.05, 3.63) is 53.1 Å². The highest BCUT2D eigenvalue weighted by molar-refractivity contribution is 5.92. The second-order valence-electron chi connectivity index (χ2n) is 6.96. The number of alkyl halides is 3. The normalized spacial score (nSPS) is 15.6. The molecular weight excluding hydrogens is 376 g/mol. The summed E-state index contributed by atoms with van der Waals surface area (Å²) in [6.07, 6.45) is -1.98. The minimum absolute atomic E-state index is 0.0170. The lowest BCUT2D eigenvalue weighted by Crippen LogP contribution is -2.35. The quantitative estimate of drug-likeness (QED) is 0.731. The molecule has 1 saturated heterocycles. The number of H-pyrrole nitrogens is 1. The van der Waals surface area contributed by atoms with Crippen LogP contribution in [0.3, 0.4) is 0 Å². The fourth-order valence-electron chi connectivity index (χ4n) is 3.34. The van der Waals surface area contributed by atoms with Gasteiger partial charge in [0.2, 0.25) is 0 Å². The van der Waals surface area contributed by atoms with Gasteiger partial charge >= 0.3 is 6.18 Å².